The number of nitrogens with two attached hydrogens (primary N) is 1. The normalized spacial score (nSPS) is 19.6. The Morgan fingerprint density at radius 2 is 2.08 bits per heavy atom. The lowest BCUT2D eigenvalue weighted by atomic mass is 9.73. The van der Waals surface area contributed by atoms with E-state index in [1.165, 1.54) is 12.0 Å². The van der Waals surface area contributed by atoms with Crippen molar-refractivity contribution in [2.45, 2.75) is 24.8 Å². The highest BCUT2D eigenvalue weighted by Crippen LogP contribution is 2.40. The average molecular weight is 261 g/mol. The van der Waals surface area contributed by atoms with Gasteiger partial charge in [-0.15, -0.1) is 0 Å². The second kappa shape index (κ2) is 3.26. The van der Waals surface area contributed by atoms with Crippen LogP contribution in [0.2, 0.25) is 5.02 Å². The quantitative estimate of drug-likeness (QED) is 0.822. The van der Waals surface area contributed by atoms with Gasteiger partial charge in [0.2, 0.25) is 0 Å². The summed E-state index contributed by atoms with van der Waals surface area (Å²) in [6, 6.07) is 5.95. The van der Waals surface area contributed by atoms with Gasteiger partial charge in [0.1, 0.15) is 0 Å². The van der Waals surface area contributed by atoms with E-state index in [-0.39, 0.29) is 5.54 Å². The van der Waals surface area contributed by atoms with Crippen LogP contribution >= 0.6 is 27.5 Å². The largest absolute Gasteiger partial charge is 0.321 e. The van der Waals surface area contributed by atoms with Crippen molar-refractivity contribution in [2.24, 2.45) is 5.73 Å². The molecule has 2 N–H and O–H groups in total. The van der Waals surface area contributed by atoms with Gasteiger partial charge in [0.05, 0.1) is 5.02 Å². The monoisotopic (exact) mass is 259 g/mol. The molecule has 1 saturated carbocycles. The Bertz CT molecular complexity index is 334. The topological polar surface area (TPSA) is 26.0 Å². The third-order valence-electron chi connectivity index (χ3n) is 2.74. The molecule has 2 rings (SSSR count). The zero-order chi connectivity index (χ0) is 9.47. The standard InChI is InChI=1S/C10H11BrClN/c11-8-6-7(2-3-9(8)12)10(13)4-1-5-10/h2-3,6H,1,4-5,13H2. The summed E-state index contributed by atoms with van der Waals surface area (Å²) in [5.41, 5.74) is 7.28. The van der Waals surface area contributed by atoms with Gasteiger partial charge in [0.15, 0.2) is 0 Å². The van der Waals surface area contributed by atoms with Crippen LogP contribution in [0.1, 0.15) is 24.8 Å². The van der Waals surface area contributed by atoms with Gasteiger partial charge in [0.25, 0.3) is 0 Å². The molecule has 1 aromatic rings. The van der Waals surface area contributed by atoms with Gasteiger partial charge >= 0.3 is 0 Å². The lowest BCUT2D eigenvalue weighted by Gasteiger charge is -2.38. The maximum Gasteiger partial charge on any atom is 0.0548 e. The molecule has 1 aromatic carbocycles. The first-order valence-corrected chi connectivity index (χ1v) is 5.53. The second-order valence-corrected chi connectivity index (χ2v) is 4.90. The smallest absolute Gasteiger partial charge is 0.0548 e. The Morgan fingerprint density at radius 3 is 2.54 bits per heavy atom. The maximum atomic E-state index is 6.18. The number of hydrogen-bond donors (Lipinski definition) is 1. The highest BCUT2D eigenvalue weighted by Gasteiger charge is 2.34. The van der Waals surface area contributed by atoms with E-state index in [0.717, 1.165) is 22.3 Å². The molecule has 0 atom stereocenters. The molecule has 1 nitrogen and oxygen atoms in total. The summed E-state index contributed by atoms with van der Waals surface area (Å²) in [6.07, 6.45) is 3.40. The Labute approximate surface area is 91.4 Å². The van der Waals surface area contributed by atoms with Gasteiger partial charge in [-0.1, -0.05) is 17.7 Å². The van der Waals surface area contributed by atoms with E-state index in [9.17, 15) is 0 Å². The maximum absolute atomic E-state index is 6.18. The molecule has 3 heteroatoms. The SMILES string of the molecule is NC1(c2ccc(Cl)c(Br)c2)CCC1. The lowest BCUT2D eigenvalue weighted by molar-refractivity contribution is 0.253. The summed E-state index contributed by atoms with van der Waals surface area (Å²) < 4.78 is 0.934. The second-order valence-electron chi connectivity index (χ2n) is 3.64. The van der Waals surface area contributed by atoms with E-state index in [0.29, 0.717) is 0 Å². The Hall–Kier alpha value is -0.0500. The van der Waals surface area contributed by atoms with Crippen LogP contribution in [0.4, 0.5) is 0 Å². The van der Waals surface area contributed by atoms with Crippen molar-refractivity contribution in [3.8, 4) is 0 Å². The molecule has 0 unspecified atom stereocenters. The molecule has 13 heavy (non-hydrogen) atoms. The summed E-state index contributed by atoms with van der Waals surface area (Å²) in [7, 11) is 0. The predicted octanol–water partition coefficient (Wildman–Crippen LogP) is 3.44. The fourth-order valence-electron chi connectivity index (χ4n) is 1.65. The number of benzene rings is 1. The Kier molecular flexibility index (Phi) is 2.39. The van der Waals surface area contributed by atoms with E-state index in [1.807, 2.05) is 18.2 Å². The summed E-state index contributed by atoms with van der Waals surface area (Å²) in [5, 5.41) is 0.742. The molecule has 0 radical (unpaired) electrons. The molecule has 1 fully saturated rings. The van der Waals surface area contributed by atoms with Crippen LogP contribution in [0.25, 0.3) is 0 Å². The minimum atomic E-state index is -0.0902. The molecule has 70 valence electrons. The third-order valence-corrected chi connectivity index (χ3v) is 3.95. The van der Waals surface area contributed by atoms with Crippen molar-refractivity contribution < 1.29 is 0 Å². The van der Waals surface area contributed by atoms with E-state index in [4.69, 9.17) is 17.3 Å². The van der Waals surface area contributed by atoms with E-state index < -0.39 is 0 Å². The van der Waals surface area contributed by atoms with Gasteiger partial charge in [0, 0.05) is 10.0 Å². The van der Waals surface area contributed by atoms with Crippen LogP contribution in [-0.2, 0) is 5.54 Å². The van der Waals surface area contributed by atoms with Crippen LogP contribution in [0.15, 0.2) is 22.7 Å². The summed E-state index contributed by atoms with van der Waals surface area (Å²) in [6.45, 7) is 0. The zero-order valence-electron chi connectivity index (χ0n) is 7.19. The predicted molar refractivity (Wildman–Crippen MR) is 58.9 cm³/mol. The highest BCUT2D eigenvalue weighted by atomic mass is 79.9. The van der Waals surface area contributed by atoms with Crippen molar-refractivity contribution in [3.05, 3.63) is 33.3 Å². The lowest BCUT2D eigenvalue weighted by Crippen LogP contribution is -2.43. The van der Waals surface area contributed by atoms with Crippen LogP contribution in [0.3, 0.4) is 0 Å². The van der Waals surface area contributed by atoms with Crippen molar-refractivity contribution in [1.29, 1.82) is 0 Å². The van der Waals surface area contributed by atoms with Crippen LogP contribution in [0, 0.1) is 0 Å². The number of halogens is 2. The molecule has 0 heterocycles. The van der Waals surface area contributed by atoms with E-state index in [2.05, 4.69) is 15.9 Å². The molecule has 0 saturated heterocycles. The Balaban J connectivity index is 2.36. The molecule has 1 aliphatic carbocycles. The fourth-order valence-corrected chi connectivity index (χ4v) is 2.15. The highest BCUT2D eigenvalue weighted by molar-refractivity contribution is 9.10. The first-order chi connectivity index (χ1) is 6.12. The molecule has 0 amide bonds. The van der Waals surface area contributed by atoms with Crippen LogP contribution in [0.5, 0.6) is 0 Å². The molecule has 0 aromatic heterocycles. The van der Waals surface area contributed by atoms with Crippen molar-refractivity contribution >= 4 is 27.5 Å². The van der Waals surface area contributed by atoms with Gasteiger partial charge in [-0.25, -0.2) is 0 Å². The Morgan fingerprint density at radius 1 is 1.38 bits per heavy atom. The first-order valence-electron chi connectivity index (χ1n) is 4.36. The first kappa shape index (κ1) is 9.50. The van der Waals surface area contributed by atoms with Gasteiger partial charge in [-0.2, -0.15) is 0 Å². The third kappa shape index (κ3) is 1.63. The average Bonchev–Trinajstić information content (AvgIpc) is 2.06. The minimum absolute atomic E-state index is 0.0902. The molecular formula is C10H11BrClN. The van der Waals surface area contributed by atoms with Crippen LogP contribution < -0.4 is 5.73 Å². The van der Waals surface area contributed by atoms with Gasteiger partial charge in [-0.3, -0.25) is 0 Å². The number of rotatable bonds is 1. The molecule has 0 aliphatic heterocycles. The van der Waals surface area contributed by atoms with Crippen molar-refractivity contribution in [3.63, 3.8) is 0 Å². The number of hydrogen-bond acceptors (Lipinski definition) is 1. The zero-order valence-corrected chi connectivity index (χ0v) is 9.53. The molecule has 1 aliphatic rings. The van der Waals surface area contributed by atoms with Crippen LogP contribution in [-0.4, -0.2) is 0 Å². The van der Waals surface area contributed by atoms with E-state index in [1.54, 1.807) is 0 Å². The fraction of sp³-hybridized carbons (Fsp3) is 0.400. The molecular weight excluding hydrogens is 249 g/mol. The molecule has 0 bridgehead atoms. The van der Waals surface area contributed by atoms with E-state index >= 15 is 0 Å². The molecule has 0 spiro atoms. The summed E-state index contributed by atoms with van der Waals surface area (Å²) in [5.74, 6) is 0. The van der Waals surface area contributed by atoms with Crippen molar-refractivity contribution in [1.82, 2.24) is 0 Å². The van der Waals surface area contributed by atoms with Crippen molar-refractivity contribution in [2.75, 3.05) is 0 Å². The summed E-state index contributed by atoms with van der Waals surface area (Å²) in [4.78, 5) is 0. The summed E-state index contributed by atoms with van der Waals surface area (Å²) >= 11 is 9.31. The van der Waals surface area contributed by atoms with Gasteiger partial charge in [-0.05, 0) is 52.9 Å². The van der Waals surface area contributed by atoms with Gasteiger partial charge < -0.3 is 5.73 Å². The minimum Gasteiger partial charge on any atom is -0.321 e.